The van der Waals surface area contributed by atoms with Crippen molar-refractivity contribution in [2.45, 2.75) is 90.1 Å². The molecule has 0 N–H and O–H groups in total. The third-order valence-corrected chi connectivity index (χ3v) is 7.81. The summed E-state index contributed by atoms with van der Waals surface area (Å²) in [6, 6.07) is 11.5. The molecule has 32 heavy (non-hydrogen) atoms. The molecule has 4 rings (SSSR count). The normalized spacial score (nSPS) is 26.2. The van der Waals surface area contributed by atoms with Gasteiger partial charge in [-0.05, 0) is 85.8 Å². The van der Waals surface area contributed by atoms with Gasteiger partial charge in [0.25, 0.3) is 0 Å². The minimum absolute atomic E-state index is 0.124. The molecule has 2 aliphatic rings. The summed E-state index contributed by atoms with van der Waals surface area (Å²) >= 11 is 0. The first-order valence-electron chi connectivity index (χ1n) is 12.8. The number of rotatable bonds is 7. The highest BCUT2D eigenvalue weighted by Crippen LogP contribution is 2.43. The van der Waals surface area contributed by atoms with E-state index in [1.807, 2.05) is 30.3 Å². The van der Waals surface area contributed by atoms with Crippen molar-refractivity contribution in [1.82, 2.24) is 0 Å². The van der Waals surface area contributed by atoms with Gasteiger partial charge < -0.3 is 4.74 Å². The van der Waals surface area contributed by atoms with E-state index in [0.29, 0.717) is 29.1 Å². The molecule has 1 nitrogen and oxygen atoms in total. The minimum atomic E-state index is -0.699. The molecular formula is C29H38F2O. The molecule has 0 spiro atoms. The molecule has 2 fully saturated rings. The predicted octanol–water partition coefficient (Wildman–Crippen LogP) is 8.45. The molecule has 2 aromatic rings. The Kier molecular flexibility index (Phi) is 7.99. The van der Waals surface area contributed by atoms with Crippen LogP contribution < -0.4 is 0 Å². The van der Waals surface area contributed by atoms with Crippen LogP contribution in [0.5, 0.6) is 0 Å². The Morgan fingerprint density at radius 3 is 2.12 bits per heavy atom. The third-order valence-electron chi connectivity index (χ3n) is 7.81. The number of aryl methyl sites for hydroxylation is 1. The molecule has 0 aromatic heterocycles. The van der Waals surface area contributed by atoms with Crippen molar-refractivity contribution in [2.75, 3.05) is 6.61 Å². The van der Waals surface area contributed by atoms with E-state index >= 15 is 8.78 Å². The highest BCUT2D eigenvalue weighted by Gasteiger charge is 2.32. The van der Waals surface area contributed by atoms with Crippen molar-refractivity contribution in [1.29, 1.82) is 0 Å². The van der Waals surface area contributed by atoms with Gasteiger partial charge in [0.15, 0.2) is 11.6 Å². The van der Waals surface area contributed by atoms with Gasteiger partial charge in [0.05, 0.1) is 12.7 Å². The first-order valence-corrected chi connectivity index (χ1v) is 12.8. The zero-order chi connectivity index (χ0) is 22.5. The van der Waals surface area contributed by atoms with Gasteiger partial charge in [0.2, 0.25) is 0 Å². The molecule has 2 aromatic carbocycles. The van der Waals surface area contributed by atoms with Crippen LogP contribution in [0.4, 0.5) is 8.78 Å². The maximum absolute atomic E-state index is 15.1. The average molecular weight is 441 g/mol. The summed E-state index contributed by atoms with van der Waals surface area (Å²) in [7, 11) is 0. The molecule has 2 unspecified atom stereocenters. The first-order chi connectivity index (χ1) is 15.6. The molecule has 1 saturated carbocycles. The highest BCUT2D eigenvalue weighted by molar-refractivity contribution is 5.65. The van der Waals surface area contributed by atoms with Crippen LogP contribution in [0.3, 0.4) is 0 Å². The third kappa shape index (κ3) is 5.25. The number of hydrogen-bond acceptors (Lipinski definition) is 1. The Balaban J connectivity index is 1.38. The van der Waals surface area contributed by atoms with Gasteiger partial charge in [0.1, 0.15) is 0 Å². The zero-order valence-electron chi connectivity index (χ0n) is 19.7. The number of ether oxygens (including phenoxy) is 1. The molecular weight excluding hydrogens is 402 g/mol. The molecule has 0 bridgehead atoms. The molecule has 1 saturated heterocycles. The van der Waals surface area contributed by atoms with Crippen molar-refractivity contribution in [3.63, 3.8) is 0 Å². The highest BCUT2D eigenvalue weighted by atomic mass is 19.2. The summed E-state index contributed by atoms with van der Waals surface area (Å²) in [5.74, 6) is 0.0907. The first kappa shape index (κ1) is 23.4. The number of benzene rings is 2. The van der Waals surface area contributed by atoms with Gasteiger partial charge in [-0.15, -0.1) is 0 Å². The molecule has 1 aliphatic heterocycles. The maximum Gasteiger partial charge on any atom is 0.166 e. The van der Waals surface area contributed by atoms with E-state index in [4.69, 9.17) is 4.74 Å². The minimum Gasteiger partial charge on any atom is -0.378 e. The maximum atomic E-state index is 15.1. The summed E-state index contributed by atoms with van der Waals surface area (Å²) in [5.41, 5.74) is 2.91. The Morgan fingerprint density at radius 2 is 1.50 bits per heavy atom. The Hall–Kier alpha value is -1.74. The zero-order valence-corrected chi connectivity index (χ0v) is 19.7. The van der Waals surface area contributed by atoms with Crippen LogP contribution in [0.1, 0.15) is 88.7 Å². The van der Waals surface area contributed by atoms with Gasteiger partial charge in [0, 0.05) is 5.56 Å². The monoisotopic (exact) mass is 440 g/mol. The van der Waals surface area contributed by atoms with Crippen LogP contribution in [0.2, 0.25) is 0 Å². The van der Waals surface area contributed by atoms with Crippen molar-refractivity contribution >= 4 is 0 Å². The SMILES string of the molecule is CCCc1ccc(-c2ccc(C3CCC(C4CCC(CCC)OC4)CC3)c(F)c2F)cc1. The number of hydrogen-bond donors (Lipinski definition) is 0. The van der Waals surface area contributed by atoms with Crippen molar-refractivity contribution < 1.29 is 13.5 Å². The van der Waals surface area contributed by atoms with E-state index < -0.39 is 11.6 Å². The average Bonchev–Trinajstić information content (AvgIpc) is 2.83. The molecule has 174 valence electrons. The van der Waals surface area contributed by atoms with E-state index in [1.165, 1.54) is 31.2 Å². The van der Waals surface area contributed by atoms with E-state index in [1.54, 1.807) is 6.07 Å². The van der Waals surface area contributed by atoms with Crippen molar-refractivity contribution in [3.8, 4) is 11.1 Å². The fourth-order valence-electron chi connectivity index (χ4n) is 5.89. The molecule has 1 heterocycles. The van der Waals surface area contributed by atoms with Crippen LogP contribution in [-0.4, -0.2) is 12.7 Å². The van der Waals surface area contributed by atoms with E-state index in [9.17, 15) is 0 Å². The summed E-state index contributed by atoms with van der Waals surface area (Å²) < 4.78 is 36.2. The summed E-state index contributed by atoms with van der Waals surface area (Å²) in [6.07, 6.45) is 11.4. The van der Waals surface area contributed by atoms with Crippen molar-refractivity contribution in [3.05, 3.63) is 59.2 Å². The van der Waals surface area contributed by atoms with E-state index in [0.717, 1.165) is 50.7 Å². The molecule has 2 atom stereocenters. The van der Waals surface area contributed by atoms with Gasteiger partial charge in [-0.2, -0.15) is 0 Å². The lowest BCUT2D eigenvalue weighted by Gasteiger charge is -2.38. The second-order valence-corrected chi connectivity index (χ2v) is 9.97. The van der Waals surface area contributed by atoms with E-state index in [-0.39, 0.29) is 5.92 Å². The summed E-state index contributed by atoms with van der Waals surface area (Å²) in [4.78, 5) is 0. The quantitative estimate of drug-likeness (QED) is 0.419. The lowest BCUT2D eigenvalue weighted by molar-refractivity contribution is -0.0409. The van der Waals surface area contributed by atoms with Gasteiger partial charge in [-0.25, -0.2) is 8.78 Å². The molecule has 1 aliphatic carbocycles. The van der Waals surface area contributed by atoms with Gasteiger partial charge >= 0.3 is 0 Å². The topological polar surface area (TPSA) is 9.23 Å². The second-order valence-electron chi connectivity index (χ2n) is 9.97. The molecule has 0 amide bonds. The van der Waals surface area contributed by atoms with Crippen LogP contribution in [-0.2, 0) is 11.2 Å². The van der Waals surface area contributed by atoms with Crippen LogP contribution in [0, 0.1) is 23.5 Å². The smallest absolute Gasteiger partial charge is 0.166 e. The van der Waals surface area contributed by atoms with Crippen LogP contribution in [0.25, 0.3) is 11.1 Å². The fourth-order valence-corrected chi connectivity index (χ4v) is 5.89. The van der Waals surface area contributed by atoms with E-state index in [2.05, 4.69) is 13.8 Å². The summed E-state index contributed by atoms with van der Waals surface area (Å²) in [5, 5.41) is 0. The number of halogens is 2. The molecule has 0 radical (unpaired) electrons. The Labute approximate surface area is 192 Å². The van der Waals surface area contributed by atoms with Crippen LogP contribution >= 0.6 is 0 Å². The van der Waals surface area contributed by atoms with Gasteiger partial charge in [-0.1, -0.05) is 63.1 Å². The van der Waals surface area contributed by atoms with Crippen LogP contribution in [0.15, 0.2) is 36.4 Å². The largest absolute Gasteiger partial charge is 0.378 e. The fraction of sp³-hybridized carbons (Fsp3) is 0.586. The Morgan fingerprint density at radius 1 is 0.781 bits per heavy atom. The van der Waals surface area contributed by atoms with Gasteiger partial charge in [-0.3, -0.25) is 0 Å². The summed E-state index contributed by atoms with van der Waals surface area (Å²) in [6.45, 7) is 5.24. The second kappa shape index (κ2) is 10.9. The van der Waals surface area contributed by atoms with Crippen molar-refractivity contribution in [2.24, 2.45) is 11.8 Å². The Bertz CT molecular complexity index is 859. The lowest BCUT2D eigenvalue weighted by Crippen LogP contribution is -2.32. The lowest BCUT2D eigenvalue weighted by atomic mass is 9.72. The molecule has 3 heteroatoms. The predicted molar refractivity (Wildman–Crippen MR) is 128 cm³/mol. The standard InChI is InChI=1S/C29H38F2O/c1-3-5-20-7-9-22(10-8-20)26-17-18-27(29(31)28(26)30)23-13-11-21(12-14-23)24-15-16-25(6-4-2)32-19-24/h7-10,17-18,21,23-25H,3-6,11-16,19H2,1-2H3.